The van der Waals surface area contributed by atoms with Gasteiger partial charge in [0.05, 0.1) is 21.9 Å². The first kappa shape index (κ1) is 19.4. The molecule has 2 aromatic carbocycles. The molecule has 4 rings (SSSR count). The summed E-state index contributed by atoms with van der Waals surface area (Å²) in [6.07, 6.45) is 6.30. The minimum absolute atomic E-state index is 0.0168. The molecule has 1 heterocycles. The van der Waals surface area contributed by atoms with Crippen LogP contribution in [0.15, 0.2) is 57.8 Å². The fraction of sp³-hybridized carbons (Fsp3) is 0.217. The van der Waals surface area contributed by atoms with Crippen LogP contribution < -0.4 is 10.2 Å². The van der Waals surface area contributed by atoms with Gasteiger partial charge in [0, 0.05) is 11.6 Å². The Morgan fingerprint density at radius 1 is 1.21 bits per heavy atom. The SMILES string of the molecule is Cc1oc2cc(OC(=O)[C@@H]3CC=CCC3)ccc2c(=O)c1-c1c(F)cccc1Cl. The first-order chi connectivity index (χ1) is 14.0. The fourth-order valence-corrected chi connectivity index (χ4v) is 3.84. The second-order valence-corrected chi connectivity index (χ2v) is 7.43. The first-order valence-corrected chi connectivity index (χ1v) is 9.72. The molecule has 148 valence electrons. The second kappa shape index (κ2) is 7.84. The van der Waals surface area contributed by atoms with Crippen molar-refractivity contribution in [1.29, 1.82) is 0 Å². The lowest BCUT2D eigenvalue weighted by atomic mass is 9.95. The molecular weight excluding hydrogens is 395 g/mol. The second-order valence-electron chi connectivity index (χ2n) is 7.02. The van der Waals surface area contributed by atoms with E-state index in [1.165, 1.54) is 36.4 Å². The van der Waals surface area contributed by atoms with Gasteiger partial charge in [-0.2, -0.15) is 0 Å². The molecule has 0 saturated heterocycles. The van der Waals surface area contributed by atoms with Crippen LogP contribution in [0.3, 0.4) is 0 Å². The van der Waals surface area contributed by atoms with Crippen molar-refractivity contribution in [3.8, 4) is 16.9 Å². The highest BCUT2D eigenvalue weighted by Crippen LogP contribution is 2.33. The van der Waals surface area contributed by atoms with Crippen LogP contribution in [0, 0.1) is 18.7 Å². The van der Waals surface area contributed by atoms with E-state index in [-0.39, 0.29) is 44.8 Å². The molecule has 0 unspecified atom stereocenters. The number of esters is 1. The largest absolute Gasteiger partial charge is 0.460 e. The third-order valence-electron chi connectivity index (χ3n) is 5.07. The van der Waals surface area contributed by atoms with Gasteiger partial charge in [0.2, 0.25) is 5.43 Å². The molecule has 0 amide bonds. The Morgan fingerprint density at radius 2 is 2.03 bits per heavy atom. The lowest BCUT2D eigenvalue weighted by Gasteiger charge is -2.16. The maximum absolute atomic E-state index is 14.4. The summed E-state index contributed by atoms with van der Waals surface area (Å²) >= 11 is 6.13. The van der Waals surface area contributed by atoms with E-state index in [4.69, 9.17) is 20.8 Å². The summed E-state index contributed by atoms with van der Waals surface area (Å²) in [5, 5.41) is 0.386. The zero-order valence-electron chi connectivity index (χ0n) is 15.7. The van der Waals surface area contributed by atoms with Crippen LogP contribution in [0.5, 0.6) is 5.75 Å². The van der Waals surface area contributed by atoms with Crippen LogP contribution >= 0.6 is 11.6 Å². The minimum atomic E-state index is -0.598. The van der Waals surface area contributed by atoms with Crippen LogP contribution in [0.25, 0.3) is 22.1 Å². The van der Waals surface area contributed by atoms with Crippen molar-refractivity contribution in [2.75, 3.05) is 0 Å². The molecular formula is C23H18ClFO4. The monoisotopic (exact) mass is 412 g/mol. The lowest BCUT2D eigenvalue weighted by Crippen LogP contribution is -2.21. The van der Waals surface area contributed by atoms with Gasteiger partial charge in [0.1, 0.15) is 22.9 Å². The Morgan fingerprint density at radius 3 is 2.76 bits per heavy atom. The maximum Gasteiger partial charge on any atom is 0.314 e. The number of carbonyl (C=O) groups is 1. The molecule has 0 bridgehead atoms. The number of carbonyl (C=O) groups excluding carboxylic acids is 1. The molecule has 29 heavy (non-hydrogen) atoms. The van der Waals surface area contributed by atoms with Crippen molar-refractivity contribution < 1.29 is 18.3 Å². The molecule has 0 fully saturated rings. The number of ether oxygens (including phenoxy) is 1. The van der Waals surface area contributed by atoms with Gasteiger partial charge in [-0.05, 0) is 50.5 Å². The van der Waals surface area contributed by atoms with E-state index in [0.29, 0.717) is 12.2 Å². The highest BCUT2D eigenvalue weighted by Gasteiger charge is 2.22. The maximum atomic E-state index is 14.4. The van der Waals surface area contributed by atoms with Gasteiger partial charge < -0.3 is 9.15 Å². The van der Waals surface area contributed by atoms with E-state index in [9.17, 15) is 14.0 Å². The van der Waals surface area contributed by atoms with E-state index < -0.39 is 11.2 Å². The standard InChI is InChI=1S/C23H18ClFO4/c1-13-20(21-17(24)8-5-9-18(21)25)22(26)16-11-10-15(12-19(16)28-13)29-23(27)14-6-3-2-4-7-14/h2-3,5,8-12,14H,4,6-7H2,1H3/t14-/m1/s1. The summed E-state index contributed by atoms with van der Waals surface area (Å²) in [4.78, 5) is 25.4. The van der Waals surface area contributed by atoms with Crippen molar-refractivity contribution in [3.05, 3.63) is 75.4 Å². The number of rotatable bonds is 3. The summed E-state index contributed by atoms with van der Waals surface area (Å²) in [6.45, 7) is 1.58. The molecule has 0 aliphatic heterocycles. The Bertz CT molecular complexity index is 1180. The van der Waals surface area contributed by atoms with Crippen LogP contribution in [0.2, 0.25) is 5.02 Å². The molecule has 0 saturated carbocycles. The van der Waals surface area contributed by atoms with Gasteiger partial charge in [0.15, 0.2) is 0 Å². The Balaban J connectivity index is 1.73. The highest BCUT2D eigenvalue weighted by molar-refractivity contribution is 6.33. The Labute approximate surface area is 171 Å². The van der Waals surface area contributed by atoms with Crippen molar-refractivity contribution in [1.82, 2.24) is 0 Å². The molecule has 0 radical (unpaired) electrons. The third-order valence-corrected chi connectivity index (χ3v) is 5.39. The van der Waals surface area contributed by atoms with Gasteiger partial charge in [-0.25, -0.2) is 4.39 Å². The van der Waals surface area contributed by atoms with E-state index in [0.717, 1.165) is 12.8 Å². The number of allylic oxidation sites excluding steroid dienone is 2. The molecule has 0 N–H and O–H groups in total. The van der Waals surface area contributed by atoms with Crippen LogP contribution in [0.4, 0.5) is 4.39 Å². The van der Waals surface area contributed by atoms with E-state index >= 15 is 0 Å². The normalized spacial score (nSPS) is 16.2. The Kier molecular flexibility index (Phi) is 5.24. The van der Waals surface area contributed by atoms with Crippen molar-refractivity contribution in [2.45, 2.75) is 26.2 Å². The number of fused-ring (bicyclic) bond motifs is 1. The summed E-state index contributed by atoms with van der Waals surface area (Å²) < 4.78 is 25.6. The third kappa shape index (κ3) is 3.70. The zero-order chi connectivity index (χ0) is 20.5. The first-order valence-electron chi connectivity index (χ1n) is 9.34. The van der Waals surface area contributed by atoms with Gasteiger partial charge in [-0.3, -0.25) is 9.59 Å². The number of hydrogen-bond acceptors (Lipinski definition) is 4. The van der Waals surface area contributed by atoms with Crippen LogP contribution in [-0.2, 0) is 4.79 Å². The van der Waals surface area contributed by atoms with Crippen molar-refractivity contribution >= 4 is 28.5 Å². The average molecular weight is 413 g/mol. The summed E-state index contributed by atoms with van der Waals surface area (Å²) in [5.74, 6) is -0.538. The number of benzene rings is 2. The van der Waals surface area contributed by atoms with E-state index in [1.807, 2.05) is 6.08 Å². The molecule has 6 heteroatoms. The summed E-state index contributed by atoms with van der Waals surface area (Å²) in [7, 11) is 0. The van der Waals surface area contributed by atoms with E-state index in [2.05, 4.69) is 6.08 Å². The number of halogens is 2. The Hall–Kier alpha value is -2.92. The smallest absolute Gasteiger partial charge is 0.314 e. The highest BCUT2D eigenvalue weighted by atomic mass is 35.5. The zero-order valence-corrected chi connectivity index (χ0v) is 16.5. The van der Waals surface area contributed by atoms with Crippen molar-refractivity contribution in [2.24, 2.45) is 5.92 Å². The van der Waals surface area contributed by atoms with Gasteiger partial charge in [-0.1, -0.05) is 29.8 Å². The van der Waals surface area contributed by atoms with Gasteiger partial charge in [-0.15, -0.1) is 0 Å². The van der Waals surface area contributed by atoms with Gasteiger partial charge >= 0.3 is 5.97 Å². The molecule has 1 atom stereocenters. The molecule has 1 aliphatic carbocycles. The molecule has 1 aromatic heterocycles. The average Bonchev–Trinajstić information content (AvgIpc) is 2.70. The lowest BCUT2D eigenvalue weighted by molar-refractivity contribution is -0.139. The molecule has 3 aromatic rings. The van der Waals surface area contributed by atoms with Crippen LogP contribution in [-0.4, -0.2) is 5.97 Å². The predicted molar refractivity (Wildman–Crippen MR) is 110 cm³/mol. The molecule has 1 aliphatic rings. The predicted octanol–water partition coefficient (Wildman–Crippen LogP) is 5.82. The van der Waals surface area contributed by atoms with Crippen LogP contribution in [0.1, 0.15) is 25.0 Å². The molecule has 0 spiro atoms. The summed E-state index contributed by atoms with van der Waals surface area (Å²) in [5.41, 5.74) is -0.0360. The van der Waals surface area contributed by atoms with Crippen molar-refractivity contribution in [3.63, 3.8) is 0 Å². The fourth-order valence-electron chi connectivity index (χ4n) is 3.58. The quantitative estimate of drug-likeness (QED) is 0.309. The summed E-state index contributed by atoms with van der Waals surface area (Å²) in [6, 6.07) is 8.80. The topological polar surface area (TPSA) is 56.5 Å². The minimum Gasteiger partial charge on any atom is -0.460 e. The van der Waals surface area contributed by atoms with E-state index in [1.54, 1.807) is 6.92 Å². The number of aryl methyl sites for hydroxylation is 1. The van der Waals surface area contributed by atoms with Gasteiger partial charge in [0.25, 0.3) is 0 Å². The number of hydrogen-bond donors (Lipinski definition) is 0. The molecule has 4 nitrogen and oxygen atoms in total.